The Hall–Kier alpha value is -0.893. The van der Waals surface area contributed by atoms with Gasteiger partial charge in [-0.2, -0.15) is 13.2 Å². The van der Waals surface area contributed by atoms with Gasteiger partial charge in [-0.25, -0.2) is 0 Å². The maximum atomic E-state index is 12.8. The van der Waals surface area contributed by atoms with Gasteiger partial charge in [-0.05, 0) is 29.8 Å². The Morgan fingerprint density at radius 1 is 1.12 bits per heavy atom. The lowest BCUT2D eigenvalue weighted by Crippen LogP contribution is -2.43. The highest BCUT2D eigenvalue weighted by Crippen LogP contribution is 2.36. The summed E-state index contributed by atoms with van der Waals surface area (Å²) >= 11 is 0. The van der Waals surface area contributed by atoms with Crippen LogP contribution >= 0.6 is 0 Å². The standard InChI is InChI=1S/C18H30F3NO2Si/c1-17(2,3)25(4,5)24-12-10-22(9-11-23)14-15-7-6-8-16(13-15)18(19,20)21/h6-8,13,23H,9-12,14H2,1-5H3. The molecule has 1 aromatic carbocycles. The highest BCUT2D eigenvalue weighted by molar-refractivity contribution is 6.74. The molecule has 7 heteroatoms. The summed E-state index contributed by atoms with van der Waals surface area (Å²) in [4.78, 5) is 1.92. The smallest absolute Gasteiger partial charge is 0.416 e. The molecule has 1 N–H and O–H groups in total. The number of nitrogens with zero attached hydrogens (tertiary/aromatic N) is 1. The molecule has 0 atom stereocenters. The lowest BCUT2D eigenvalue weighted by Gasteiger charge is -2.36. The molecule has 0 fully saturated rings. The molecule has 0 saturated heterocycles. The minimum atomic E-state index is -4.34. The van der Waals surface area contributed by atoms with Crippen LogP contribution in [0.15, 0.2) is 24.3 Å². The molecule has 3 nitrogen and oxygen atoms in total. The lowest BCUT2D eigenvalue weighted by molar-refractivity contribution is -0.137. The predicted octanol–water partition coefficient (Wildman–Crippen LogP) is 4.52. The minimum Gasteiger partial charge on any atom is -0.416 e. The first kappa shape index (κ1) is 22.1. The van der Waals surface area contributed by atoms with E-state index in [1.165, 1.54) is 12.1 Å². The van der Waals surface area contributed by atoms with Gasteiger partial charge in [-0.3, -0.25) is 4.90 Å². The van der Waals surface area contributed by atoms with Gasteiger partial charge in [0.25, 0.3) is 0 Å². The number of hydrogen-bond acceptors (Lipinski definition) is 3. The summed E-state index contributed by atoms with van der Waals surface area (Å²) in [6.45, 7) is 12.6. The van der Waals surface area contributed by atoms with Crippen LogP contribution in [-0.4, -0.2) is 44.6 Å². The summed E-state index contributed by atoms with van der Waals surface area (Å²) in [6.07, 6.45) is -4.34. The van der Waals surface area contributed by atoms with E-state index in [0.29, 0.717) is 31.8 Å². The summed E-state index contributed by atoms with van der Waals surface area (Å²) in [7, 11) is -1.86. The minimum absolute atomic E-state index is 0.0426. The van der Waals surface area contributed by atoms with Crippen LogP contribution < -0.4 is 0 Å². The maximum absolute atomic E-state index is 12.8. The zero-order valence-electron chi connectivity index (χ0n) is 15.8. The number of alkyl halides is 3. The van der Waals surface area contributed by atoms with E-state index in [1.807, 2.05) is 4.90 Å². The molecule has 0 radical (unpaired) electrons. The van der Waals surface area contributed by atoms with Gasteiger partial charge in [0.2, 0.25) is 0 Å². The SMILES string of the molecule is CC(C)(C)[Si](C)(C)OCCN(CCO)Cc1cccc(C(F)(F)F)c1. The predicted molar refractivity (Wildman–Crippen MR) is 97.0 cm³/mol. The monoisotopic (exact) mass is 377 g/mol. The molecule has 0 aliphatic heterocycles. The molecule has 0 amide bonds. The zero-order chi connectivity index (χ0) is 19.3. The fraction of sp³-hybridized carbons (Fsp3) is 0.667. The average Bonchev–Trinajstić information content (AvgIpc) is 2.45. The second kappa shape index (κ2) is 8.66. The Morgan fingerprint density at radius 2 is 1.76 bits per heavy atom. The molecule has 0 aromatic heterocycles. The lowest BCUT2D eigenvalue weighted by atomic mass is 10.1. The molecule has 0 saturated carbocycles. The molecule has 0 aliphatic rings. The van der Waals surface area contributed by atoms with Gasteiger partial charge in [0.05, 0.1) is 12.2 Å². The van der Waals surface area contributed by atoms with Crippen molar-refractivity contribution in [2.24, 2.45) is 0 Å². The van der Waals surface area contributed by atoms with Gasteiger partial charge < -0.3 is 9.53 Å². The van der Waals surface area contributed by atoms with E-state index in [0.717, 1.165) is 6.07 Å². The van der Waals surface area contributed by atoms with E-state index >= 15 is 0 Å². The molecule has 0 unspecified atom stereocenters. The van der Waals surface area contributed by atoms with Gasteiger partial charge >= 0.3 is 6.18 Å². The number of halogens is 3. The number of aliphatic hydroxyl groups is 1. The van der Waals surface area contributed by atoms with Gasteiger partial charge in [0, 0.05) is 26.2 Å². The maximum Gasteiger partial charge on any atom is 0.416 e. The highest BCUT2D eigenvalue weighted by Gasteiger charge is 2.37. The quantitative estimate of drug-likeness (QED) is 0.676. The fourth-order valence-corrected chi connectivity index (χ4v) is 3.20. The van der Waals surface area contributed by atoms with Crippen LogP contribution in [0.25, 0.3) is 0 Å². The molecule has 0 spiro atoms. The number of rotatable bonds is 8. The normalized spacial score (nSPS) is 13.5. The Labute approximate surface area is 149 Å². The third-order valence-corrected chi connectivity index (χ3v) is 9.29. The Balaban J connectivity index is 2.69. The van der Waals surface area contributed by atoms with Gasteiger partial charge in [-0.1, -0.05) is 39.0 Å². The van der Waals surface area contributed by atoms with Crippen LogP contribution in [0.5, 0.6) is 0 Å². The summed E-state index contributed by atoms with van der Waals surface area (Å²) in [5, 5.41) is 9.34. The van der Waals surface area contributed by atoms with Crippen LogP contribution in [0.1, 0.15) is 31.9 Å². The third kappa shape index (κ3) is 7.09. The van der Waals surface area contributed by atoms with E-state index in [-0.39, 0.29) is 11.6 Å². The van der Waals surface area contributed by atoms with E-state index < -0.39 is 20.1 Å². The molecular formula is C18H30F3NO2Si. The van der Waals surface area contributed by atoms with Crippen molar-refractivity contribution < 1.29 is 22.7 Å². The third-order valence-electron chi connectivity index (χ3n) is 4.75. The summed E-state index contributed by atoms with van der Waals surface area (Å²) in [6, 6.07) is 5.33. The van der Waals surface area contributed by atoms with Crippen LogP contribution in [0.3, 0.4) is 0 Å². The van der Waals surface area contributed by atoms with Crippen LogP contribution in [0, 0.1) is 0 Å². The van der Waals surface area contributed by atoms with Gasteiger partial charge in [0.1, 0.15) is 0 Å². The number of aliphatic hydroxyl groups excluding tert-OH is 1. The Bertz CT molecular complexity index is 542. The first-order chi connectivity index (χ1) is 11.4. The average molecular weight is 378 g/mol. The molecule has 1 aromatic rings. The molecular weight excluding hydrogens is 347 g/mol. The fourth-order valence-electron chi connectivity index (χ4n) is 2.16. The molecule has 144 valence electrons. The first-order valence-electron chi connectivity index (χ1n) is 8.50. The highest BCUT2D eigenvalue weighted by atomic mass is 28.4. The van der Waals surface area contributed by atoms with E-state index in [4.69, 9.17) is 4.43 Å². The Morgan fingerprint density at radius 3 is 2.28 bits per heavy atom. The Kier molecular flexibility index (Phi) is 7.67. The van der Waals surface area contributed by atoms with Crippen molar-refractivity contribution >= 4 is 8.32 Å². The van der Waals surface area contributed by atoms with Crippen LogP contribution in [0.2, 0.25) is 18.1 Å². The molecule has 0 bridgehead atoms. The summed E-state index contributed by atoms with van der Waals surface area (Å²) in [5.41, 5.74) is -0.0675. The van der Waals surface area contributed by atoms with Crippen molar-refractivity contribution in [3.63, 3.8) is 0 Å². The second-order valence-electron chi connectivity index (χ2n) is 7.81. The van der Waals surface area contributed by atoms with Crippen molar-refractivity contribution in [1.29, 1.82) is 0 Å². The van der Waals surface area contributed by atoms with Gasteiger partial charge in [0.15, 0.2) is 8.32 Å². The van der Waals surface area contributed by atoms with Crippen LogP contribution in [-0.2, 0) is 17.1 Å². The topological polar surface area (TPSA) is 32.7 Å². The van der Waals surface area contributed by atoms with E-state index in [9.17, 15) is 18.3 Å². The summed E-state index contributed by atoms with van der Waals surface area (Å²) < 4.78 is 44.6. The molecule has 0 aliphatic carbocycles. The van der Waals surface area contributed by atoms with Crippen molar-refractivity contribution in [2.75, 3.05) is 26.3 Å². The van der Waals surface area contributed by atoms with Crippen molar-refractivity contribution in [1.82, 2.24) is 4.90 Å². The van der Waals surface area contributed by atoms with E-state index in [2.05, 4.69) is 33.9 Å². The molecule has 25 heavy (non-hydrogen) atoms. The van der Waals surface area contributed by atoms with Crippen molar-refractivity contribution in [3.05, 3.63) is 35.4 Å². The summed E-state index contributed by atoms with van der Waals surface area (Å²) in [5.74, 6) is 0. The zero-order valence-corrected chi connectivity index (χ0v) is 16.8. The number of hydrogen-bond donors (Lipinski definition) is 1. The second-order valence-corrected chi connectivity index (χ2v) is 12.6. The molecule has 1 rings (SSSR count). The van der Waals surface area contributed by atoms with Gasteiger partial charge in [-0.15, -0.1) is 0 Å². The van der Waals surface area contributed by atoms with Crippen molar-refractivity contribution in [3.8, 4) is 0 Å². The van der Waals surface area contributed by atoms with Crippen LogP contribution in [0.4, 0.5) is 13.2 Å². The largest absolute Gasteiger partial charge is 0.416 e. The first-order valence-corrected chi connectivity index (χ1v) is 11.4. The molecule has 0 heterocycles. The van der Waals surface area contributed by atoms with E-state index in [1.54, 1.807) is 6.07 Å². The number of benzene rings is 1. The van der Waals surface area contributed by atoms with Crippen molar-refractivity contribution in [2.45, 2.75) is 51.6 Å².